The van der Waals surface area contributed by atoms with Gasteiger partial charge in [0.25, 0.3) is 0 Å². The number of benzene rings is 1. The van der Waals surface area contributed by atoms with E-state index in [2.05, 4.69) is 26.1 Å². The molecular formula is C14H21BrN2O2S. The minimum absolute atomic E-state index is 0.155. The van der Waals surface area contributed by atoms with E-state index in [-0.39, 0.29) is 5.75 Å². The second kappa shape index (κ2) is 8.12. The highest BCUT2D eigenvalue weighted by atomic mass is 79.9. The molecule has 2 N–H and O–H groups in total. The highest BCUT2D eigenvalue weighted by molar-refractivity contribution is 9.10. The summed E-state index contributed by atoms with van der Waals surface area (Å²) in [5.41, 5.74) is 1.10. The van der Waals surface area contributed by atoms with Crippen LogP contribution in [0.5, 0.6) is 11.5 Å². The summed E-state index contributed by atoms with van der Waals surface area (Å²) in [6.07, 6.45) is 0. The Kier molecular flexibility index (Phi) is 6.48. The van der Waals surface area contributed by atoms with Crippen LogP contribution < -0.4 is 10.1 Å². The van der Waals surface area contributed by atoms with Gasteiger partial charge in [-0.3, -0.25) is 0 Å². The minimum atomic E-state index is 0.155. The van der Waals surface area contributed by atoms with Crippen LogP contribution in [0.4, 0.5) is 0 Å². The minimum Gasteiger partial charge on any atom is -0.503 e. The Labute approximate surface area is 133 Å². The van der Waals surface area contributed by atoms with Crippen LogP contribution >= 0.6 is 27.7 Å². The maximum atomic E-state index is 9.76. The van der Waals surface area contributed by atoms with Crippen molar-refractivity contribution in [2.75, 3.05) is 44.8 Å². The molecule has 1 saturated heterocycles. The average Bonchev–Trinajstić information content (AvgIpc) is 2.48. The zero-order chi connectivity index (χ0) is 14.4. The summed E-state index contributed by atoms with van der Waals surface area (Å²) < 4.78 is 5.82. The van der Waals surface area contributed by atoms with Crippen LogP contribution in [0, 0.1) is 0 Å². The third kappa shape index (κ3) is 4.55. The molecule has 0 saturated carbocycles. The van der Waals surface area contributed by atoms with Gasteiger partial charge >= 0.3 is 0 Å². The Morgan fingerprint density at radius 1 is 1.40 bits per heavy atom. The Morgan fingerprint density at radius 3 is 2.85 bits per heavy atom. The Hall–Kier alpha value is -0.430. The number of hydrogen-bond donors (Lipinski definition) is 2. The van der Waals surface area contributed by atoms with Gasteiger partial charge < -0.3 is 20.1 Å². The van der Waals surface area contributed by atoms with Crippen molar-refractivity contribution >= 4 is 27.7 Å². The van der Waals surface area contributed by atoms with Crippen LogP contribution in [0.25, 0.3) is 0 Å². The van der Waals surface area contributed by atoms with Crippen LogP contribution in [0.3, 0.4) is 0 Å². The molecule has 1 aromatic carbocycles. The normalized spacial score (nSPS) is 16.3. The number of phenols is 1. The molecule has 0 amide bonds. The fraction of sp³-hybridized carbons (Fsp3) is 0.571. The first-order valence-electron chi connectivity index (χ1n) is 6.77. The monoisotopic (exact) mass is 360 g/mol. The Balaban J connectivity index is 1.77. The van der Waals surface area contributed by atoms with Gasteiger partial charge in [-0.25, -0.2) is 0 Å². The van der Waals surface area contributed by atoms with Crippen molar-refractivity contribution in [2.24, 2.45) is 0 Å². The third-order valence-corrected chi connectivity index (χ3v) is 4.89. The van der Waals surface area contributed by atoms with E-state index in [1.807, 2.05) is 23.9 Å². The quantitative estimate of drug-likeness (QED) is 0.762. The lowest BCUT2D eigenvalue weighted by atomic mass is 10.2. The number of hydrogen-bond acceptors (Lipinski definition) is 5. The summed E-state index contributed by atoms with van der Waals surface area (Å²) in [6, 6.07) is 3.78. The lowest BCUT2D eigenvalue weighted by Gasteiger charge is -2.26. The highest BCUT2D eigenvalue weighted by Crippen LogP contribution is 2.35. The molecule has 4 nitrogen and oxygen atoms in total. The van der Waals surface area contributed by atoms with Crippen molar-refractivity contribution < 1.29 is 9.84 Å². The fourth-order valence-electron chi connectivity index (χ4n) is 2.18. The van der Waals surface area contributed by atoms with E-state index in [1.54, 1.807) is 7.11 Å². The number of thioether (sulfide) groups is 1. The van der Waals surface area contributed by atoms with E-state index in [0.717, 1.165) is 25.2 Å². The summed E-state index contributed by atoms with van der Waals surface area (Å²) in [7, 11) is 1.56. The van der Waals surface area contributed by atoms with Crippen molar-refractivity contribution in [2.45, 2.75) is 6.54 Å². The molecule has 0 unspecified atom stereocenters. The van der Waals surface area contributed by atoms with Crippen molar-refractivity contribution in [3.8, 4) is 11.5 Å². The maximum absolute atomic E-state index is 9.76. The number of rotatable bonds is 6. The number of nitrogens with zero attached hydrogens (tertiary/aromatic N) is 1. The molecule has 1 aromatic rings. The summed E-state index contributed by atoms with van der Waals surface area (Å²) in [4.78, 5) is 2.50. The Bertz CT molecular complexity index is 439. The van der Waals surface area contributed by atoms with Gasteiger partial charge in [0.15, 0.2) is 11.5 Å². The highest BCUT2D eigenvalue weighted by Gasteiger charge is 2.10. The van der Waals surface area contributed by atoms with Gasteiger partial charge in [-0.2, -0.15) is 11.8 Å². The van der Waals surface area contributed by atoms with Gasteiger partial charge in [0.2, 0.25) is 0 Å². The predicted molar refractivity (Wildman–Crippen MR) is 87.8 cm³/mol. The maximum Gasteiger partial charge on any atom is 0.172 e. The van der Waals surface area contributed by atoms with Crippen molar-refractivity contribution in [1.82, 2.24) is 10.2 Å². The van der Waals surface area contributed by atoms with E-state index in [0.29, 0.717) is 10.2 Å². The molecule has 1 heterocycles. The lowest BCUT2D eigenvalue weighted by Crippen LogP contribution is -2.37. The smallest absolute Gasteiger partial charge is 0.172 e. The second-order valence-corrected chi connectivity index (χ2v) is 6.84. The molecule has 0 aliphatic carbocycles. The molecule has 112 valence electrons. The molecule has 20 heavy (non-hydrogen) atoms. The first-order valence-corrected chi connectivity index (χ1v) is 8.71. The molecule has 0 atom stereocenters. The predicted octanol–water partition coefficient (Wildman–Crippen LogP) is 2.30. The molecular weight excluding hydrogens is 340 g/mol. The topological polar surface area (TPSA) is 44.7 Å². The van der Waals surface area contributed by atoms with Crippen LogP contribution in [0.15, 0.2) is 16.6 Å². The summed E-state index contributed by atoms with van der Waals surface area (Å²) in [5, 5.41) is 13.2. The van der Waals surface area contributed by atoms with Crippen LogP contribution in [-0.4, -0.2) is 54.8 Å². The van der Waals surface area contributed by atoms with Crippen molar-refractivity contribution in [3.63, 3.8) is 0 Å². The fourth-order valence-corrected chi connectivity index (χ4v) is 3.65. The van der Waals surface area contributed by atoms with Crippen LogP contribution in [0.1, 0.15) is 5.56 Å². The molecule has 1 aliphatic heterocycles. The van der Waals surface area contributed by atoms with E-state index in [4.69, 9.17) is 4.74 Å². The molecule has 0 spiro atoms. The van der Waals surface area contributed by atoms with E-state index in [9.17, 15) is 5.11 Å². The zero-order valence-electron chi connectivity index (χ0n) is 11.7. The molecule has 6 heteroatoms. The van der Waals surface area contributed by atoms with Gasteiger partial charge in [-0.05, 0) is 33.6 Å². The number of ether oxygens (including phenoxy) is 1. The number of nitrogens with one attached hydrogen (secondary N) is 1. The van der Waals surface area contributed by atoms with Crippen LogP contribution in [-0.2, 0) is 6.54 Å². The third-order valence-electron chi connectivity index (χ3n) is 3.35. The van der Waals surface area contributed by atoms with E-state index < -0.39 is 0 Å². The summed E-state index contributed by atoms with van der Waals surface area (Å²) in [6.45, 7) is 5.25. The largest absolute Gasteiger partial charge is 0.503 e. The average molecular weight is 361 g/mol. The zero-order valence-corrected chi connectivity index (χ0v) is 14.1. The number of halogens is 1. The molecule has 1 fully saturated rings. The van der Waals surface area contributed by atoms with Gasteiger partial charge in [-0.15, -0.1) is 0 Å². The molecule has 1 aliphatic rings. The summed E-state index contributed by atoms with van der Waals surface area (Å²) >= 11 is 5.38. The van der Waals surface area contributed by atoms with Crippen molar-refractivity contribution in [3.05, 3.63) is 22.2 Å². The molecule has 0 aromatic heterocycles. The first kappa shape index (κ1) is 15.9. The van der Waals surface area contributed by atoms with Crippen LogP contribution in [0.2, 0.25) is 0 Å². The lowest BCUT2D eigenvalue weighted by molar-refractivity contribution is 0.301. The number of methoxy groups -OCH3 is 1. The molecule has 0 radical (unpaired) electrons. The summed E-state index contributed by atoms with van der Waals surface area (Å²) in [5.74, 6) is 3.16. The van der Waals surface area contributed by atoms with Gasteiger partial charge in [-0.1, -0.05) is 0 Å². The van der Waals surface area contributed by atoms with Gasteiger partial charge in [0.05, 0.1) is 11.6 Å². The number of phenolic OH excluding ortho intramolecular Hbond substituents is 1. The van der Waals surface area contributed by atoms with Gasteiger partial charge in [0, 0.05) is 44.2 Å². The SMILES string of the molecule is COc1cc(CNCCN2CCSCC2)cc(Br)c1O. The standard InChI is InChI=1S/C14H21BrN2O2S/c1-19-13-9-11(8-12(15)14(13)18)10-16-2-3-17-4-6-20-7-5-17/h8-9,16,18H,2-7,10H2,1H3. The van der Waals surface area contributed by atoms with E-state index >= 15 is 0 Å². The van der Waals surface area contributed by atoms with Crippen molar-refractivity contribution in [1.29, 1.82) is 0 Å². The Morgan fingerprint density at radius 2 is 2.15 bits per heavy atom. The first-order chi connectivity index (χ1) is 9.70. The van der Waals surface area contributed by atoms with Gasteiger partial charge in [0.1, 0.15) is 0 Å². The molecule has 0 bridgehead atoms. The van der Waals surface area contributed by atoms with E-state index in [1.165, 1.54) is 24.6 Å². The second-order valence-electron chi connectivity index (χ2n) is 4.76. The number of aromatic hydroxyl groups is 1. The molecule has 2 rings (SSSR count).